The van der Waals surface area contributed by atoms with Gasteiger partial charge >= 0.3 is 0 Å². The quantitative estimate of drug-likeness (QED) is 0.767. The van der Waals surface area contributed by atoms with Gasteiger partial charge in [0.15, 0.2) is 5.69 Å². The molecule has 2 aliphatic rings. The molecule has 8 heteroatoms. The summed E-state index contributed by atoms with van der Waals surface area (Å²) in [4.78, 5) is 14.7. The number of carbonyl (C=O) groups is 1. The average molecular weight is 350 g/mol. The Morgan fingerprint density at radius 2 is 2.24 bits per heavy atom. The Morgan fingerprint density at radius 3 is 3.00 bits per heavy atom. The van der Waals surface area contributed by atoms with E-state index in [0.717, 1.165) is 52.2 Å². The van der Waals surface area contributed by atoms with Crippen molar-refractivity contribution >= 4 is 5.91 Å². The van der Waals surface area contributed by atoms with Crippen molar-refractivity contribution < 1.29 is 9.53 Å². The van der Waals surface area contributed by atoms with E-state index in [0.29, 0.717) is 24.2 Å². The first-order valence-corrected chi connectivity index (χ1v) is 9.36. The number of morpholine rings is 1. The molecule has 0 radical (unpaired) electrons. The first kappa shape index (κ1) is 18.3. The van der Waals surface area contributed by atoms with E-state index in [-0.39, 0.29) is 12.0 Å². The highest BCUT2D eigenvalue weighted by Gasteiger charge is 2.23. The summed E-state index contributed by atoms with van der Waals surface area (Å²) in [5.41, 5.74) is 0.383. The van der Waals surface area contributed by atoms with Gasteiger partial charge in [0.05, 0.1) is 24.9 Å². The summed E-state index contributed by atoms with van der Waals surface area (Å²) in [5, 5.41) is 14.4. The van der Waals surface area contributed by atoms with Crippen molar-refractivity contribution in [1.29, 1.82) is 0 Å². The van der Waals surface area contributed by atoms with Crippen LogP contribution >= 0.6 is 0 Å². The number of carbonyl (C=O) groups excluding carboxylic acids is 1. The predicted octanol–water partition coefficient (Wildman–Crippen LogP) is 0.289. The first-order chi connectivity index (χ1) is 12.1. The van der Waals surface area contributed by atoms with Crippen LogP contribution in [0.2, 0.25) is 0 Å². The van der Waals surface area contributed by atoms with E-state index >= 15 is 0 Å². The predicted molar refractivity (Wildman–Crippen MR) is 94.5 cm³/mol. The van der Waals surface area contributed by atoms with Gasteiger partial charge in [0.25, 0.3) is 5.91 Å². The molecule has 25 heavy (non-hydrogen) atoms. The molecule has 2 N–H and O–H groups in total. The number of rotatable bonds is 6. The van der Waals surface area contributed by atoms with Crippen molar-refractivity contribution in [1.82, 2.24) is 30.5 Å². The van der Waals surface area contributed by atoms with Gasteiger partial charge in [-0.1, -0.05) is 19.1 Å². The van der Waals surface area contributed by atoms with Gasteiger partial charge in [-0.05, 0) is 31.8 Å². The van der Waals surface area contributed by atoms with Crippen LogP contribution in [0.3, 0.4) is 0 Å². The third kappa shape index (κ3) is 5.23. The molecule has 1 aromatic rings. The molecule has 1 aromatic heterocycles. The standard InChI is InChI=1S/C17H30N6O2/c1-13(2)10-22-7-8-25-15(11-22)9-19-17(24)16-12-23(21-20-16)14-3-5-18-6-4-14/h12-15,18H,3-11H2,1-2H3,(H,19,24). The molecule has 3 heterocycles. The van der Waals surface area contributed by atoms with Gasteiger partial charge in [0.1, 0.15) is 0 Å². The highest BCUT2D eigenvalue weighted by atomic mass is 16.5. The van der Waals surface area contributed by atoms with E-state index in [1.165, 1.54) is 0 Å². The molecule has 0 saturated carbocycles. The molecule has 0 spiro atoms. The van der Waals surface area contributed by atoms with Gasteiger partial charge in [0, 0.05) is 26.2 Å². The monoisotopic (exact) mass is 350 g/mol. The fourth-order valence-electron chi connectivity index (χ4n) is 3.51. The fraction of sp³-hybridized carbons (Fsp3) is 0.824. The van der Waals surface area contributed by atoms with Gasteiger partial charge in [0.2, 0.25) is 0 Å². The zero-order chi connectivity index (χ0) is 17.6. The largest absolute Gasteiger partial charge is 0.374 e. The van der Waals surface area contributed by atoms with Crippen LogP contribution in [0.5, 0.6) is 0 Å². The maximum Gasteiger partial charge on any atom is 0.273 e. The second kappa shape index (κ2) is 8.73. The molecular formula is C17H30N6O2. The van der Waals surface area contributed by atoms with E-state index in [9.17, 15) is 4.79 Å². The van der Waals surface area contributed by atoms with Crippen molar-refractivity contribution in [2.24, 2.45) is 5.92 Å². The summed E-state index contributed by atoms with van der Waals surface area (Å²) in [6.45, 7) is 10.5. The number of ether oxygens (including phenoxy) is 1. The minimum Gasteiger partial charge on any atom is -0.374 e. The minimum absolute atomic E-state index is 0.0379. The summed E-state index contributed by atoms with van der Waals surface area (Å²) < 4.78 is 7.60. The van der Waals surface area contributed by atoms with Crippen molar-refractivity contribution in [3.8, 4) is 0 Å². The Labute approximate surface area is 149 Å². The number of nitrogens with zero attached hydrogens (tertiary/aromatic N) is 4. The van der Waals surface area contributed by atoms with Crippen LogP contribution in [0.25, 0.3) is 0 Å². The molecule has 1 amide bonds. The van der Waals surface area contributed by atoms with Crippen LogP contribution in [-0.2, 0) is 4.74 Å². The van der Waals surface area contributed by atoms with Crippen molar-refractivity contribution in [3.05, 3.63) is 11.9 Å². The number of amides is 1. The normalized spacial score (nSPS) is 23.1. The Morgan fingerprint density at radius 1 is 1.44 bits per heavy atom. The highest BCUT2D eigenvalue weighted by Crippen LogP contribution is 2.17. The van der Waals surface area contributed by atoms with Crippen molar-refractivity contribution in [2.45, 2.75) is 38.8 Å². The van der Waals surface area contributed by atoms with Crippen LogP contribution in [0, 0.1) is 5.92 Å². The van der Waals surface area contributed by atoms with Crippen LogP contribution < -0.4 is 10.6 Å². The molecule has 0 aromatic carbocycles. The van der Waals surface area contributed by atoms with E-state index < -0.39 is 0 Å². The highest BCUT2D eigenvalue weighted by molar-refractivity contribution is 5.91. The van der Waals surface area contributed by atoms with Crippen LogP contribution in [-0.4, -0.2) is 77.8 Å². The number of piperidine rings is 1. The van der Waals surface area contributed by atoms with Gasteiger partial charge in [-0.25, -0.2) is 4.68 Å². The minimum atomic E-state index is -0.176. The maximum absolute atomic E-state index is 12.3. The third-order valence-electron chi connectivity index (χ3n) is 4.76. The molecule has 1 unspecified atom stereocenters. The molecule has 0 aliphatic carbocycles. The molecule has 140 valence electrons. The number of hydrogen-bond acceptors (Lipinski definition) is 6. The zero-order valence-electron chi connectivity index (χ0n) is 15.3. The second-order valence-electron chi connectivity index (χ2n) is 7.42. The summed E-state index contributed by atoms with van der Waals surface area (Å²) in [6.07, 6.45) is 3.84. The Hall–Kier alpha value is -1.51. The fourth-order valence-corrected chi connectivity index (χ4v) is 3.51. The second-order valence-corrected chi connectivity index (χ2v) is 7.42. The molecule has 0 bridgehead atoms. The van der Waals surface area contributed by atoms with Crippen molar-refractivity contribution in [3.63, 3.8) is 0 Å². The lowest BCUT2D eigenvalue weighted by Crippen LogP contribution is -2.48. The van der Waals surface area contributed by atoms with E-state index in [2.05, 4.69) is 39.7 Å². The van der Waals surface area contributed by atoms with Gasteiger partial charge < -0.3 is 15.4 Å². The van der Waals surface area contributed by atoms with E-state index in [4.69, 9.17) is 4.74 Å². The number of nitrogens with one attached hydrogen (secondary N) is 2. The average Bonchev–Trinajstić information content (AvgIpc) is 3.10. The Kier molecular flexibility index (Phi) is 6.39. The molecular weight excluding hydrogens is 320 g/mol. The summed E-state index contributed by atoms with van der Waals surface area (Å²) >= 11 is 0. The number of hydrogen-bond donors (Lipinski definition) is 2. The van der Waals surface area contributed by atoms with Gasteiger partial charge in [-0.15, -0.1) is 5.10 Å². The number of aromatic nitrogens is 3. The van der Waals surface area contributed by atoms with E-state index in [1.54, 1.807) is 6.20 Å². The lowest BCUT2D eigenvalue weighted by atomic mass is 10.1. The summed E-state index contributed by atoms with van der Waals surface area (Å²) in [6, 6.07) is 0.335. The van der Waals surface area contributed by atoms with Crippen molar-refractivity contribution in [2.75, 3.05) is 45.9 Å². The SMILES string of the molecule is CC(C)CN1CCOC(CNC(=O)c2cn(C3CCNCC3)nn2)C1. The summed E-state index contributed by atoms with van der Waals surface area (Å²) in [5.74, 6) is 0.461. The molecule has 3 rings (SSSR count). The summed E-state index contributed by atoms with van der Waals surface area (Å²) in [7, 11) is 0. The topological polar surface area (TPSA) is 84.3 Å². The molecule has 1 atom stereocenters. The smallest absolute Gasteiger partial charge is 0.273 e. The first-order valence-electron chi connectivity index (χ1n) is 9.36. The lowest BCUT2D eigenvalue weighted by Gasteiger charge is -2.33. The van der Waals surface area contributed by atoms with E-state index in [1.807, 2.05) is 4.68 Å². The van der Waals surface area contributed by atoms with Gasteiger partial charge in [-0.3, -0.25) is 9.69 Å². The van der Waals surface area contributed by atoms with Crippen LogP contribution in [0.4, 0.5) is 0 Å². The zero-order valence-corrected chi connectivity index (χ0v) is 15.3. The third-order valence-corrected chi connectivity index (χ3v) is 4.76. The Balaban J connectivity index is 1.46. The molecule has 2 fully saturated rings. The van der Waals surface area contributed by atoms with Crippen LogP contribution in [0.1, 0.15) is 43.2 Å². The Bertz CT molecular complexity index is 555. The molecule has 2 saturated heterocycles. The maximum atomic E-state index is 12.3. The lowest BCUT2D eigenvalue weighted by molar-refractivity contribution is -0.0295. The molecule has 2 aliphatic heterocycles. The molecule has 8 nitrogen and oxygen atoms in total. The van der Waals surface area contributed by atoms with Crippen LogP contribution in [0.15, 0.2) is 6.20 Å². The van der Waals surface area contributed by atoms with Gasteiger partial charge in [-0.2, -0.15) is 0 Å².